The molecule has 0 spiro atoms. The van der Waals surface area contributed by atoms with Crippen LogP contribution in [0.3, 0.4) is 0 Å². The van der Waals surface area contributed by atoms with E-state index in [-0.39, 0.29) is 48.1 Å². The Balaban J connectivity index is 0.00000196. The lowest BCUT2D eigenvalue weighted by Gasteiger charge is -2.27. The van der Waals surface area contributed by atoms with Gasteiger partial charge in [0.1, 0.15) is 0 Å². The Morgan fingerprint density at radius 3 is 2.57 bits per heavy atom. The van der Waals surface area contributed by atoms with Crippen molar-refractivity contribution < 1.29 is 9.21 Å². The molecule has 3 rings (SSSR count). The van der Waals surface area contributed by atoms with Gasteiger partial charge in [-0.1, -0.05) is 11.6 Å². The van der Waals surface area contributed by atoms with Gasteiger partial charge >= 0.3 is 0 Å². The molecule has 1 heterocycles. The van der Waals surface area contributed by atoms with Gasteiger partial charge in [-0.05, 0) is 56.9 Å². The Hall–Kier alpha value is -0.920. The minimum absolute atomic E-state index is 0. The summed E-state index contributed by atoms with van der Waals surface area (Å²) in [7, 11) is 0. The van der Waals surface area contributed by atoms with Gasteiger partial charge in [0, 0.05) is 22.7 Å². The number of benzene rings is 1. The molecule has 1 fully saturated rings. The zero-order chi connectivity index (χ0) is 18.5. The normalized spacial score (nSPS) is 19.8. The van der Waals surface area contributed by atoms with Crippen LogP contribution in [0.1, 0.15) is 38.5 Å². The number of hydrogen-bond donors (Lipinski definition) is 2. The summed E-state index contributed by atoms with van der Waals surface area (Å²) in [6.45, 7) is 1.91. The van der Waals surface area contributed by atoms with Crippen LogP contribution in [0.25, 0.3) is 11.3 Å². The summed E-state index contributed by atoms with van der Waals surface area (Å²) >= 11 is 7.43. The maximum atomic E-state index is 12.3. The van der Waals surface area contributed by atoms with Crippen LogP contribution in [0.4, 0.5) is 0 Å². The number of nitrogens with zero attached hydrogens (tertiary/aromatic N) is 1. The molecule has 0 bridgehead atoms. The average molecular weight is 467 g/mol. The first kappa shape index (κ1) is 25.1. The van der Waals surface area contributed by atoms with Crippen LogP contribution in [-0.4, -0.2) is 28.2 Å². The van der Waals surface area contributed by atoms with Crippen molar-refractivity contribution in [3.05, 3.63) is 41.4 Å². The van der Waals surface area contributed by atoms with E-state index < -0.39 is 0 Å². The second kappa shape index (κ2) is 11.9. The Bertz CT molecular complexity index is 734. The van der Waals surface area contributed by atoms with E-state index in [2.05, 4.69) is 10.3 Å². The van der Waals surface area contributed by atoms with Crippen LogP contribution in [0.15, 0.2) is 34.9 Å². The highest BCUT2D eigenvalue weighted by molar-refractivity contribution is 7.99. The van der Waals surface area contributed by atoms with Crippen LogP contribution in [0.5, 0.6) is 0 Å². The molecule has 1 aromatic heterocycles. The molecule has 0 aliphatic heterocycles. The SMILES string of the molecule is CC(SCc1ncc(-c2ccc(Cl)cc2)o1)C(=O)NC1CCC(N)CC1.Cl.Cl. The minimum atomic E-state index is -0.156. The van der Waals surface area contributed by atoms with E-state index in [1.165, 1.54) is 11.8 Å². The first-order valence-corrected chi connectivity index (χ1v) is 10.3. The molecule has 1 amide bonds. The number of oxazole rings is 1. The van der Waals surface area contributed by atoms with Gasteiger partial charge in [-0.25, -0.2) is 4.98 Å². The fourth-order valence-corrected chi connectivity index (χ4v) is 3.85. The molecule has 2 aromatic rings. The third-order valence-electron chi connectivity index (χ3n) is 4.63. The summed E-state index contributed by atoms with van der Waals surface area (Å²) in [6.07, 6.45) is 5.60. The fourth-order valence-electron chi connectivity index (χ4n) is 2.98. The van der Waals surface area contributed by atoms with Crippen LogP contribution in [0.2, 0.25) is 5.02 Å². The van der Waals surface area contributed by atoms with E-state index in [4.69, 9.17) is 21.8 Å². The van der Waals surface area contributed by atoms with E-state index in [0.717, 1.165) is 31.2 Å². The largest absolute Gasteiger partial charge is 0.440 e. The molecule has 3 N–H and O–H groups in total. The van der Waals surface area contributed by atoms with Crippen LogP contribution < -0.4 is 11.1 Å². The van der Waals surface area contributed by atoms with Crippen molar-refractivity contribution in [3.8, 4) is 11.3 Å². The molecule has 9 heteroatoms. The number of halogens is 3. The standard InChI is InChI=1S/C19H24ClN3O2S.2ClH/c1-12(19(24)23-16-8-6-15(21)7-9-16)26-11-18-22-10-17(25-18)13-2-4-14(20)5-3-13;;/h2-5,10,12,15-16H,6-9,11,21H2,1H3,(H,23,24);2*1H. The average Bonchev–Trinajstić information content (AvgIpc) is 3.11. The predicted molar refractivity (Wildman–Crippen MR) is 121 cm³/mol. The van der Waals surface area contributed by atoms with Gasteiger partial charge in [-0.2, -0.15) is 0 Å². The molecule has 156 valence electrons. The predicted octanol–water partition coefficient (Wildman–Crippen LogP) is 4.85. The van der Waals surface area contributed by atoms with Crippen molar-refractivity contribution in [1.82, 2.24) is 10.3 Å². The van der Waals surface area contributed by atoms with Crippen molar-refractivity contribution in [3.63, 3.8) is 0 Å². The van der Waals surface area contributed by atoms with Gasteiger partial charge in [-0.15, -0.1) is 36.6 Å². The highest BCUT2D eigenvalue weighted by Crippen LogP contribution is 2.25. The summed E-state index contributed by atoms with van der Waals surface area (Å²) in [5.74, 6) is 1.94. The molecule has 5 nitrogen and oxygen atoms in total. The summed E-state index contributed by atoms with van der Waals surface area (Å²) in [4.78, 5) is 16.7. The lowest BCUT2D eigenvalue weighted by Crippen LogP contribution is -2.43. The van der Waals surface area contributed by atoms with Crippen LogP contribution >= 0.6 is 48.2 Å². The summed E-state index contributed by atoms with van der Waals surface area (Å²) in [5, 5.41) is 3.66. The van der Waals surface area contributed by atoms with Gasteiger partial charge in [0.15, 0.2) is 5.76 Å². The molecule has 0 saturated heterocycles. The number of hydrogen-bond acceptors (Lipinski definition) is 5. The zero-order valence-corrected chi connectivity index (χ0v) is 18.8. The number of thioether (sulfide) groups is 1. The maximum Gasteiger partial charge on any atom is 0.233 e. The number of nitrogens with two attached hydrogens (primary N) is 1. The number of carbonyl (C=O) groups excluding carboxylic acids is 1. The summed E-state index contributed by atoms with van der Waals surface area (Å²) in [5.41, 5.74) is 6.84. The molecular weight excluding hydrogens is 441 g/mol. The van der Waals surface area contributed by atoms with E-state index in [0.29, 0.717) is 22.4 Å². The molecule has 1 aromatic carbocycles. The van der Waals surface area contributed by atoms with E-state index in [1.807, 2.05) is 31.2 Å². The molecule has 1 aliphatic rings. The van der Waals surface area contributed by atoms with Gasteiger partial charge in [0.2, 0.25) is 11.8 Å². The summed E-state index contributed by atoms with van der Waals surface area (Å²) < 4.78 is 5.78. The first-order chi connectivity index (χ1) is 12.5. The number of aromatic nitrogens is 1. The monoisotopic (exact) mass is 465 g/mol. The van der Waals surface area contributed by atoms with E-state index in [1.54, 1.807) is 6.20 Å². The number of nitrogens with one attached hydrogen (secondary N) is 1. The lowest BCUT2D eigenvalue weighted by molar-refractivity contribution is -0.121. The number of carbonyl (C=O) groups is 1. The second-order valence-electron chi connectivity index (χ2n) is 6.70. The maximum absolute atomic E-state index is 12.3. The van der Waals surface area contributed by atoms with Crippen molar-refractivity contribution in [2.24, 2.45) is 5.73 Å². The molecular formula is C19H26Cl3N3O2S. The van der Waals surface area contributed by atoms with Crippen molar-refractivity contribution >= 4 is 54.1 Å². The molecule has 1 unspecified atom stereocenters. The number of rotatable bonds is 6. The Morgan fingerprint density at radius 2 is 1.93 bits per heavy atom. The second-order valence-corrected chi connectivity index (χ2v) is 8.46. The Morgan fingerprint density at radius 1 is 1.29 bits per heavy atom. The van der Waals surface area contributed by atoms with Crippen LogP contribution in [-0.2, 0) is 10.5 Å². The zero-order valence-electron chi connectivity index (χ0n) is 15.6. The number of amides is 1. The first-order valence-electron chi connectivity index (χ1n) is 8.89. The molecule has 1 aliphatic carbocycles. The molecule has 28 heavy (non-hydrogen) atoms. The third-order valence-corrected chi connectivity index (χ3v) is 6.01. The lowest BCUT2D eigenvalue weighted by atomic mass is 9.92. The highest BCUT2D eigenvalue weighted by Gasteiger charge is 2.23. The van der Waals surface area contributed by atoms with Crippen LogP contribution in [0, 0.1) is 0 Å². The van der Waals surface area contributed by atoms with Gasteiger partial charge < -0.3 is 15.5 Å². The van der Waals surface area contributed by atoms with Gasteiger partial charge in [0.05, 0.1) is 17.2 Å². The van der Waals surface area contributed by atoms with Crippen molar-refractivity contribution in [2.45, 2.75) is 55.7 Å². The molecule has 0 radical (unpaired) electrons. The highest BCUT2D eigenvalue weighted by atomic mass is 35.5. The quantitative estimate of drug-likeness (QED) is 0.636. The van der Waals surface area contributed by atoms with Crippen molar-refractivity contribution in [1.29, 1.82) is 0 Å². The van der Waals surface area contributed by atoms with Gasteiger partial charge in [-0.3, -0.25) is 4.79 Å². The smallest absolute Gasteiger partial charge is 0.233 e. The Kier molecular flexibility index (Phi) is 10.7. The Labute approximate surface area is 187 Å². The van der Waals surface area contributed by atoms with Crippen molar-refractivity contribution in [2.75, 3.05) is 0 Å². The fraction of sp³-hybridized carbons (Fsp3) is 0.474. The molecule has 1 atom stereocenters. The topological polar surface area (TPSA) is 81.2 Å². The van der Waals surface area contributed by atoms with E-state index in [9.17, 15) is 4.79 Å². The summed E-state index contributed by atoms with van der Waals surface area (Å²) in [6, 6.07) is 7.97. The van der Waals surface area contributed by atoms with E-state index >= 15 is 0 Å². The minimum Gasteiger partial charge on any atom is -0.440 e. The third kappa shape index (κ3) is 7.16. The molecule has 1 saturated carbocycles. The van der Waals surface area contributed by atoms with Gasteiger partial charge in [0.25, 0.3) is 0 Å².